The Morgan fingerprint density at radius 2 is 2.25 bits per heavy atom. The van der Waals surface area contributed by atoms with Crippen LogP contribution in [0.3, 0.4) is 0 Å². The molecule has 2 rings (SSSR count). The van der Waals surface area contributed by atoms with E-state index < -0.39 is 11.1 Å². The average Bonchev–Trinajstić information content (AvgIpc) is 2.83. The van der Waals surface area contributed by atoms with Crippen molar-refractivity contribution in [2.24, 2.45) is 17.1 Å². The van der Waals surface area contributed by atoms with Crippen LogP contribution < -0.4 is 11.1 Å². The summed E-state index contributed by atoms with van der Waals surface area (Å²) in [7, 11) is 0. The minimum Gasteiger partial charge on any atom is -0.387 e. The zero-order valence-corrected chi connectivity index (χ0v) is 13.5. The van der Waals surface area contributed by atoms with Crippen molar-refractivity contribution in [2.75, 3.05) is 25.2 Å². The number of hydrogen-bond donors (Lipinski definition) is 3. The molecular formula is C14H26N2O3S. The quantitative estimate of drug-likeness (QED) is 0.683. The van der Waals surface area contributed by atoms with Crippen LogP contribution in [0, 0.1) is 11.3 Å². The molecule has 1 saturated heterocycles. The van der Waals surface area contributed by atoms with Crippen molar-refractivity contribution >= 4 is 17.7 Å². The van der Waals surface area contributed by atoms with Gasteiger partial charge in [0.05, 0.1) is 11.7 Å². The van der Waals surface area contributed by atoms with E-state index in [0.717, 1.165) is 6.42 Å². The Morgan fingerprint density at radius 1 is 1.60 bits per heavy atom. The zero-order valence-electron chi connectivity index (χ0n) is 12.7. The topological polar surface area (TPSA) is 84.6 Å². The SMILES string of the molecule is CSCC(C)(O)CNC(=O)C1(N)C2CCOC2C1(C)C. The van der Waals surface area contributed by atoms with Gasteiger partial charge in [0.1, 0.15) is 5.54 Å². The molecule has 0 radical (unpaired) electrons. The van der Waals surface area contributed by atoms with E-state index >= 15 is 0 Å². The second-order valence-corrected chi connectivity index (χ2v) is 7.76. The number of fused-ring (bicyclic) bond motifs is 1. The minimum absolute atomic E-state index is 0.0740. The van der Waals surface area contributed by atoms with Crippen molar-refractivity contribution < 1.29 is 14.6 Å². The molecule has 6 heteroatoms. The normalized spacial score (nSPS) is 37.7. The molecule has 1 saturated carbocycles. The molecule has 2 aliphatic rings. The number of carbonyl (C=O) groups excluding carboxylic acids is 1. The second-order valence-electron chi connectivity index (χ2n) is 6.89. The third kappa shape index (κ3) is 2.26. The number of nitrogens with one attached hydrogen (secondary N) is 1. The number of ether oxygens (including phenoxy) is 1. The number of rotatable bonds is 5. The standard InChI is InChI=1S/C14H26N2O3S/c1-12(2)10-9(5-6-19-10)14(12,15)11(17)16-7-13(3,18)8-20-4/h9-10,18H,5-8,15H2,1-4H3,(H,16,17). The highest BCUT2D eigenvalue weighted by molar-refractivity contribution is 7.98. The Labute approximate surface area is 125 Å². The fourth-order valence-electron chi connectivity index (χ4n) is 3.62. The summed E-state index contributed by atoms with van der Waals surface area (Å²) in [5.41, 5.74) is 4.25. The van der Waals surface area contributed by atoms with E-state index in [4.69, 9.17) is 10.5 Å². The van der Waals surface area contributed by atoms with Gasteiger partial charge in [-0.25, -0.2) is 0 Å². The van der Waals surface area contributed by atoms with E-state index in [-0.39, 0.29) is 29.9 Å². The molecule has 1 aliphatic heterocycles. The van der Waals surface area contributed by atoms with Gasteiger partial charge in [0, 0.05) is 30.2 Å². The highest BCUT2D eigenvalue weighted by Gasteiger charge is 2.71. The van der Waals surface area contributed by atoms with Gasteiger partial charge in [-0.1, -0.05) is 13.8 Å². The Hall–Kier alpha value is -0.300. The van der Waals surface area contributed by atoms with E-state index in [2.05, 4.69) is 5.32 Å². The number of thioether (sulfide) groups is 1. The van der Waals surface area contributed by atoms with Gasteiger partial charge >= 0.3 is 0 Å². The van der Waals surface area contributed by atoms with E-state index in [1.54, 1.807) is 18.7 Å². The van der Waals surface area contributed by atoms with Crippen molar-refractivity contribution in [1.29, 1.82) is 0 Å². The van der Waals surface area contributed by atoms with E-state index in [1.165, 1.54) is 0 Å². The molecule has 20 heavy (non-hydrogen) atoms. The van der Waals surface area contributed by atoms with Crippen LogP contribution in [0.25, 0.3) is 0 Å². The first-order valence-corrected chi connectivity index (χ1v) is 8.46. The molecule has 116 valence electrons. The molecule has 2 fully saturated rings. The third-order valence-electron chi connectivity index (χ3n) is 4.91. The lowest BCUT2D eigenvalue weighted by Crippen LogP contribution is -2.80. The Kier molecular flexibility index (Phi) is 4.15. The summed E-state index contributed by atoms with van der Waals surface area (Å²) < 4.78 is 5.68. The first-order chi connectivity index (χ1) is 9.17. The molecule has 0 aromatic heterocycles. The van der Waals surface area contributed by atoms with Gasteiger partial charge in [0.2, 0.25) is 5.91 Å². The largest absolute Gasteiger partial charge is 0.387 e. The van der Waals surface area contributed by atoms with Crippen molar-refractivity contribution in [3.8, 4) is 0 Å². The lowest BCUT2D eigenvalue weighted by atomic mass is 9.48. The van der Waals surface area contributed by atoms with Crippen LogP contribution in [0.4, 0.5) is 0 Å². The Bertz CT molecular complexity index is 400. The molecule has 1 amide bonds. The molecule has 0 aromatic carbocycles. The van der Waals surface area contributed by atoms with Crippen LogP contribution in [0.5, 0.6) is 0 Å². The van der Waals surface area contributed by atoms with Gasteiger partial charge in [-0.2, -0.15) is 11.8 Å². The number of carbonyl (C=O) groups is 1. The van der Waals surface area contributed by atoms with Gasteiger partial charge in [-0.15, -0.1) is 0 Å². The van der Waals surface area contributed by atoms with Crippen molar-refractivity contribution in [2.45, 2.75) is 44.4 Å². The summed E-state index contributed by atoms with van der Waals surface area (Å²) >= 11 is 1.55. The maximum atomic E-state index is 12.5. The summed E-state index contributed by atoms with van der Waals surface area (Å²) in [5, 5.41) is 13.0. The van der Waals surface area contributed by atoms with Gasteiger partial charge in [-0.3, -0.25) is 4.79 Å². The molecule has 1 heterocycles. The van der Waals surface area contributed by atoms with Crippen LogP contribution >= 0.6 is 11.8 Å². The zero-order chi connectivity index (χ0) is 15.2. The van der Waals surface area contributed by atoms with E-state index in [9.17, 15) is 9.90 Å². The van der Waals surface area contributed by atoms with Crippen LogP contribution in [-0.4, -0.2) is 53.4 Å². The number of amides is 1. The highest BCUT2D eigenvalue weighted by Crippen LogP contribution is 2.58. The molecule has 4 N–H and O–H groups in total. The minimum atomic E-state index is -0.912. The molecule has 5 nitrogen and oxygen atoms in total. The van der Waals surface area contributed by atoms with Crippen LogP contribution in [0.1, 0.15) is 27.2 Å². The van der Waals surface area contributed by atoms with E-state index in [1.807, 2.05) is 20.1 Å². The molecule has 0 bridgehead atoms. The fraction of sp³-hybridized carbons (Fsp3) is 0.929. The molecule has 4 atom stereocenters. The summed E-state index contributed by atoms with van der Waals surface area (Å²) in [6.07, 6.45) is 2.83. The maximum Gasteiger partial charge on any atom is 0.241 e. The molecule has 0 spiro atoms. The number of hydrogen-bond acceptors (Lipinski definition) is 5. The van der Waals surface area contributed by atoms with Gasteiger partial charge in [0.25, 0.3) is 0 Å². The molecular weight excluding hydrogens is 276 g/mol. The molecule has 4 unspecified atom stereocenters. The smallest absolute Gasteiger partial charge is 0.241 e. The second kappa shape index (κ2) is 5.16. The first kappa shape index (κ1) is 16.1. The predicted octanol–water partition coefficient (Wildman–Crippen LogP) is 0.359. The number of aliphatic hydroxyl groups is 1. The third-order valence-corrected chi connectivity index (χ3v) is 5.83. The van der Waals surface area contributed by atoms with Gasteiger partial charge in [0.15, 0.2) is 0 Å². The van der Waals surface area contributed by atoms with Crippen LogP contribution in [0.2, 0.25) is 0 Å². The van der Waals surface area contributed by atoms with Crippen molar-refractivity contribution in [3.63, 3.8) is 0 Å². The lowest BCUT2D eigenvalue weighted by Gasteiger charge is -2.60. The molecule has 1 aliphatic carbocycles. The monoisotopic (exact) mass is 302 g/mol. The summed E-state index contributed by atoms with van der Waals surface area (Å²) in [5.74, 6) is 0.488. The van der Waals surface area contributed by atoms with Crippen LogP contribution in [-0.2, 0) is 9.53 Å². The van der Waals surface area contributed by atoms with Gasteiger partial charge in [-0.05, 0) is 19.6 Å². The first-order valence-electron chi connectivity index (χ1n) is 7.07. The summed E-state index contributed by atoms with van der Waals surface area (Å²) in [4.78, 5) is 12.5. The highest BCUT2D eigenvalue weighted by atomic mass is 32.2. The maximum absolute atomic E-state index is 12.5. The number of nitrogens with two attached hydrogens (primary N) is 1. The predicted molar refractivity (Wildman–Crippen MR) is 80.6 cm³/mol. The average molecular weight is 302 g/mol. The van der Waals surface area contributed by atoms with Crippen LogP contribution in [0.15, 0.2) is 0 Å². The lowest BCUT2D eigenvalue weighted by molar-refractivity contribution is -0.176. The Morgan fingerprint density at radius 3 is 2.85 bits per heavy atom. The summed E-state index contributed by atoms with van der Waals surface area (Å²) in [6.45, 7) is 6.59. The summed E-state index contributed by atoms with van der Waals surface area (Å²) in [6, 6.07) is 0. The van der Waals surface area contributed by atoms with Crippen molar-refractivity contribution in [1.82, 2.24) is 5.32 Å². The van der Waals surface area contributed by atoms with E-state index in [0.29, 0.717) is 12.4 Å². The molecule has 0 aromatic rings. The fourth-order valence-corrected chi connectivity index (χ4v) is 4.35. The van der Waals surface area contributed by atoms with Crippen molar-refractivity contribution in [3.05, 3.63) is 0 Å². The Balaban J connectivity index is 2.02. The van der Waals surface area contributed by atoms with Gasteiger partial charge < -0.3 is 20.9 Å².